The fourth-order valence-corrected chi connectivity index (χ4v) is 3.55. The van der Waals surface area contributed by atoms with E-state index < -0.39 is 0 Å². The first-order chi connectivity index (χ1) is 12.1. The average molecular weight is 338 g/mol. The van der Waals surface area contributed by atoms with Crippen molar-refractivity contribution in [3.8, 4) is 0 Å². The number of nitrogens with one attached hydrogen (secondary N) is 1. The van der Waals surface area contributed by atoms with Crippen LogP contribution in [-0.2, 0) is 6.42 Å². The highest BCUT2D eigenvalue weighted by molar-refractivity contribution is 6.02. The van der Waals surface area contributed by atoms with Gasteiger partial charge in [0.25, 0.3) is 5.91 Å². The molecular weight excluding hydrogens is 312 g/mol. The van der Waals surface area contributed by atoms with Crippen molar-refractivity contribution in [2.75, 3.05) is 25.5 Å². The molecule has 1 amide bonds. The molecule has 2 heterocycles. The maximum Gasteiger partial charge on any atom is 0.275 e. The number of rotatable bonds is 5. The summed E-state index contributed by atoms with van der Waals surface area (Å²) in [7, 11) is 2.21. The van der Waals surface area contributed by atoms with E-state index in [0.29, 0.717) is 5.69 Å². The van der Waals surface area contributed by atoms with E-state index in [-0.39, 0.29) is 5.91 Å². The van der Waals surface area contributed by atoms with Crippen molar-refractivity contribution in [3.63, 3.8) is 0 Å². The molecule has 2 atom stereocenters. The van der Waals surface area contributed by atoms with Gasteiger partial charge >= 0.3 is 0 Å². The number of aryl methyl sites for hydroxylation is 1. The van der Waals surface area contributed by atoms with Gasteiger partial charge in [-0.1, -0.05) is 19.1 Å². The molecule has 1 aromatic heterocycles. The second kappa shape index (κ2) is 8.21. The SMILES string of the molecule is C[C@H]1CN(C)CC[C@H]1CCc1ccc(NC(=O)c2cnccn2)cc1. The molecule has 3 rings (SSSR count). The molecule has 1 N–H and O–H groups in total. The van der Waals surface area contributed by atoms with Crippen molar-refractivity contribution < 1.29 is 4.79 Å². The number of amides is 1. The van der Waals surface area contributed by atoms with E-state index in [1.807, 2.05) is 12.1 Å². The number of hydrogen-bond donors (Lipinski definition) is 1. The fourth-order valence-electron chi connectivity index (χ4n) is 3.55. The Morgan fingerprint density at radius 3 is 2.76 bits per heavy atom. The Balaban J connectivity index is 1.51. The van der Waals surface area contributed by atoms with Gasteiger partial charge in [0.05, 0.1) is 6.20 Å². The predicted molar refractivity (Wildman–Crippen MR) is 99.5 cm³/mol. The van der Waals surface area contributed by atoms with E-state index in [0.717, 1.165) is 23.9 Å². The Morgan fingerprint density at radius 2 is 2.08 bits per heavy atom. The lowest BCUT2D eigenvalue weighted by molar-refractivity contribution is 0.102. The van der Waals surface area contributed by atoms with E-state index in [1.165, 1.54) is 43.9 Å². The molecule has 1 aliphatic rings. The van der Waals surface area contributed by atoms with Crippen molar-refractivity contribution in [1.82, 2.24) is 14.9 Å². The topological polar surface area (TPSA) is 58.1 Å². The summed E-state index contributed by atoms with van der Waals surface area (Å²) in [5.41, 5.74) is 2.43. The van der Waals surface area contributed by atoms with Gasteiger partial charge in [-0.15, -0.1) is 0 Å². The lowest BCUT2D eigenvalue weighted by atomic mass is 9.83. The van der Waals surface area contributed by atoms with Crippen LogP contribution in [0.15, 0.2) is 42.9 Å². The summed E-state index contributed by atoms with van der Waals surface area (Å²) in [4.78, 5) is 22.4. The maximum absolute atomic E-state index is 12.1. The minimum absolute atomic E-state index is 0.235. The van der Waals surface area contributed by atoms with Crippen LogP contribution in [0.25, 0.3) is 0 Å². The van der Waals surface area contributed by atoms with E-state index in [1.54, 1.807) is 6.20 Å². The highest BCUT2D eigenvalue weighted by atomic mass is 16.1. The first-order valence-electron chi connectivity index (χ1n) is 8.96. The van der Waals surface area contributed by atoms with Gasteiger partial charge < -0.3 is 10.2 Å². The highest BCUT2D eigenvalue weighted by Gasteiger charge is 2.23. The first kappa shape index (κ1) is 17.5. The summed E-state index contributed by atoms with van der Waals surface area (Å²) < 4.78 is 0. The molecule has 5 nitrogen and oxygen atoms in total. The summed E-state index contributed by atoms with van der Waals surface area (Å²) >= 11 is 0. The Morgan fingerprint density at radius 1 is 1.28 bits per heavy atom. The van der Waals surface area contributed by atoms with E-state index in [9.17, 15) is 4.79 Å². The van der Waals surface area contributed by atoms with Gasteiger partial charge in [0.15, 0.2) is 0 Å². The fraction of sp³-hybridized carbons (Fsp3) is 0.450. The number of piperidine rings is 1. The van der Waals surface area contributed by atoms with Crippen LogP contribution in [0.1, 0.15) is 35.8 Å². The number of benzene rings is 1. The lowest BCUT2D eigenvalue weighted by Gasteiger charge is -2.34. The second-order valence-electron chi connectivity index (χ2n) is 7.07. The average Bonchev–Trinajstić information content (AvgIpc) is 2.63. The number of aromatic nitrogens is 2. The largest absolute Gasteiger partial charge is 0.321 e. The molecule has 0 radical (unpaired) electrons. The van der Waals surface area contributed by atoms with Crippen LogP contribution < -0.4 is 5.32 Å². The van der Waals surface area contributed by atoms with Gasteiger partial charge in [-0.05, 0) is 62.4 Å². The number of anilines is 1. The van der Waals surface area contributed by atoms with Crippen molar-refractivity contribution in [1.29, 1.82) is 0 Å². The molecule has 2 aromatic rings. The van der Waals surface area contributed by atoms with E-state index in [4.69, 9.17) is 0 Å². The van der Waals surface area contributed by atoms with Gasteiger partial charge in [0.2, 0.25) is 0 Å². The molecule has 1 aliphatic heterocycles. The Hall–Kier alpha value is -2.27. The Labute approximate surface area is 149 Å². The molecule has 0 aliphatic carbocycles. The van der Waals surface area contributed by atoms with Gasteiger partial charge in [0, 0.05) is 24.6 Å². The molecule has 5 heteroatoms. The molecule has 0 unspecified atom stereocenters. The van der Waals surface area contributed by atoms with E-state index in [2.05, 4.69) is 46.3 Å². The van der Waals surface area contributed by atoms with Gasteiger partial charge in [-0.2, -0.15) is 0 Å². The maximum atomic E-state index is 12.1. The van der Waals surface area contributed by atoms with Crippen LogP contribution in [-0.4, -0.2) is 40.9 Å². The van der Waals surface area contributed by atoms with Crippen LogP contribution in [0.3, 0.4) is 0 Å². The Kier molecular flexibility index (Phi) is 5.76. The smallest absolute Gasteiger partial charge is 0.275 e. The molecule has 0 bridgehead atoms. The first-order valence-corrected chi connectivity index (χ1v) is 8.96. The van der Waals surface area contributed by atoms with E-state index >= 15 is 0 Å². The van der Waals surface area contributed by atoms with Crippen LogP contribution >= 0.6 is 0 Å². The predicted octanol–water partition coefficient (Wildman–Crippen LogP) is 3.25. The third-order valence-electron chi connectivity index (χ3n) is 5.10. The summed E-state index contributed by atoms with van der Waals surface area (Å²) in [5, 5.41) is 2.86. The number of hydrogen-bond acceptors (Lipinski definition) is 4. The quantitative estimate of drug-likeness (QED) is 0.909. The minimum atomic E-state index is -0.235. The molecule has 25 heavy (non-hydrogen) atoms. The van der Waals surface area contributed by atoms with Gasteiger partial charge in [0.1, 0.15) is 5.69 Å². The minimum Gasteiger partial charge on any atom is -0.321 e. The van der Waals surface area contributed by atoms with Crippen LogP contribution in [0.2, 0.25) is 0 Å². The standard InChI is InChI=1S/C20H26N4O/c1-15-14-24(2)12-9-17(15)6-3-16-4-7-18(8-5-16)23-20(25)19-13-21-10-11-22-19/h4-5,7-8,10-11,13,15,17H,3,6,9,12,14H2,1-2H3,(H,23,25)/t15-,17+/m0/s1. The van der Waals surface area contributed by atoms with Gasteiger partial charge in [-0.3, -0.25) is 9.78 Å². The highest BCUT2D eigenvalue weighted by Crippen LogP contribution is 2.27. The van der Waals surface area contributed by atoms with Gasteiger partial charge in [-0.25, -0.2) is 4.98 Å². The van der Waals surface area contributed by atoms with Crippen LogP contribution in [0.4, 0.5) is 5.69 Å². The molecule has 1 aromatic carbocycles. The molecular formula is C20H26N4O. The summed E-state index contributed by atoms with van der Waals surface area (Å²) in [6, 6.07) is 8.13. The third-order valence-corrected chi connectivity index (χ3v) is 5.10. The molecule has 0 saturated carbocycles. The Bertz CT molecular complexity index is 687. The summed E-state index contributed by atoms with van der Waals surface area (Å²) in [6.07, 6.45) is 8.16. The van der Waals surface area contributed by atoms with Crippen LogP contribution in [0.5, 0.6) is 0 Å². The van der Waals surface area contributed by atoms with Crippen molar-refractivity contribution in [2.24, 2.45) is 11.8 Å². The molecule has 1 fully saturated rings. The second-order valence-corrected chi connectivity index (χ2v) is 7.07. The molecule has 0 spiro atoms. The van der Waals surface area contributed by atoms with Crippen LogP contribution in [0, 0.1) is 11.8 Å². The van der Waals surface area contributed by atoms with Crippen molar-refractivity contribution in [3.05, 3.63) is 54.1 Å². The van der Waals surface area contributed by atoms with Crippen molar-refractivity contribution >= 4 is 11.6 Å². The molecule has 1 saturated heterocycles. The van der Waals surface area contributed by atoms with Crippen molar-refractivity contribution in [2.45, 2.75) is 26.2 Å². The zero-order chi connectivity index (χ0) is 17.6. The number of nitrogens with zero attached hydrogens (tertiary/aromatic N) is 3. The molecule has 132 valence electrons. The normalized spacial score (nSPS) is 21.0. The third kappa shape index (κ3) is 4.86. The summed E-state index contributed by atoms with van der Waals surface area (Å²) in [6.45, 7) is 4.78. The lowest BCUT2D eigenvalue weighted by Crippen LogP contribution is -2.36. The zero-order valence-corrected chi connectivity index (χ0v) is 15.0. The summed E-state index contributed by atoms with van der Waals surface area (Å²) in [5.74, 6) is 1.34. The zero-order valence-electron chi connectivity index (χ0n) is 15.0. The number of carbonyl (C=O) groups is 1. The number of carbonyl (C=O) groups excluding carboxylic acids is 1. The monoisotopic (exact) mass is 338 g/mol. The number of likely N-dealkylation sites (tertiary alicyclic amines) is 1.